The first-order valence-corrected chi connectivity index (χ1v) is 16.3. The number of benzene rings is 6. The van der Waals surface area contributed by atoms with Gasteiger partial charge in [-0.2, -0.15) is 0 Å². The molecule has 0 radical (unpaired) electrons. The number of phenolic OH excluding ortho intramolecular Hbond substituents is 7. The van der Waals surface area contributed by atoms with Crippen molar-refractivity contribution in [3.63, 3.8) is 0 Å². The van der Waals surface area contributed by atoms with Crippen LogP contribution in [-0.2, 0) is 0 Å². The topological polar surface area (TPSA) is 160 Å². The SMILES string of the molecule is Oc1ccc(/C=C/c2cc(O)c3c(c2)O[C@H](c2ccc(O)cc2)[C@H]3c2cc(O)c3c(c2)O[C@H](c2ccc(O)cc2)C3c2cc(O)cc(O)c2)cc1. The van der Waals surface area contributed by atoms with E-state index in [1.807, 2.05) is 18.2 Å². The van der Waals surface area contributed by atoms with Gasteiger partial charge in [-0.25, -0.2) is 0 Å². The number of hydrogen-bond acceptors (Lipinski definition) is 9. The Labute approximate surface area is 292 Å². The minimum atomic E-state index is -0.695. The zero-order valence-corrected chi connectivity index (χ0v) is 26.9. The van der Waals surface area contributed by atoms with Crippen molar-refractivity contribution in [3.8, 4) is 51.7 Å². The predicted octanol–water partition coefficient (Wildman–Crippen LogP) is 8.33. The van der Waals surface area contributed by atoms with Crippen LogP contribution >= 0.6 is 0 Å². The molecule has 2 aliphatic rings. The van der Waals surface area contributed by atoms with Gasteiger partial charge in [-0.3, -0.25) is 0 Å². The molecule has 0 bridgehead atoms. The molecule has 0 fully saturated rings. The highest BCUT2D eigenvalue weighted by atomic mass is 16.5. The second-order valence-corrected chi connectivity index (χ2v) is 12.8. The van der Waals surface area contributed by atoms with Gasteiger partial charge in [-0.1, -0.05) is 48.6 Å². The summed E-state index contributed by atoms with van der Waals surface area (Å²) in [5, 5.41) is 73.8. The van der Waals surface area contributed by atoms with E-state index in [2.05, 4.69) is 0 Å². The molecule has 51 heavy (non-hydrogen) atoms. The van der Waals surface area contributed by atoms with Crippen molar-refractivity contribution < 1.29 is 45.2 Å². The average Bonchev–Trinajstić information content (AvgIpc) is 3.68. The smallest absolute Gasteiger partial charge is 0.135 e. The molecule has 0 saturated heterocycles. The van der Waals surface area contributed by atoms with Gasteiger partial charge in [0.2, 0.25) is 0 Å². The molecular weight excluding hydrogens is 648 g/mol. The van der Waals surface area contributed by atoms with Gasteiger partial charge in [0.25, 0.3) is 0 Å². The highest BCUT2D eigenvalue weighted by Crippen LogP contribution is 2.58. The lowest BCUT2D eigenvalue weighted by Crippen LogP contribution is -2.11. The fourth-order valence-corrected chi connectivity index (χ4v) is 7.18. The van der Waals surface area contributed by atoms with E-state index < -0.39 is 24.0 Å². The van der Waals surface area contributed by atoms with Crippen LogP contribution in [0.5, 0.6) is 51.7 Å². The van der Waals surface area contributed by atoms with E-state index in [0.29, 0.717) is 44.9 Å². The molecule has 8 rings (SSSR count). The molecule has 6 aromatic carbocycles. The number of hydrogen-bond donors (Lipinski definition) is 7. The van der Waals surface area contributed by atoms with Crippen LogP contribution in [0.15, 0.2) is 115 Å². The van der Waals surface area contributed by atoms with Crippen molar-refractivity contribution in [1.82, 2.24) is 0 Å². The first-order valence-electron chi connectivity index (χ1n) is 16.3. The second-order valence-electron chi connectivity index (χ2n) is 12.8. The van der Waals surface area contributed by atoms with Crippen LogP contribution in [0.2, 0.25) is 0 Å². The third kappa shape index (κ3) is 5.84. The maximum atomic E-state index is 11.8. The van der Waals surface area contributed by atoms with Crippen LogP contribution in [0.3, 0.4) is 0 Å². The van der Waals surface area contributed by atoms with Gasteiger partial charge in [0, 0.05) is 17.2 Å². The molecule has 4 atom stereocenters. The summed E-state index contributed by atoms with van der Waals surface area (Å²) in [5.41, 5.74) is 5.01. The Kier molecular flexibility index (Phi) is 7.60. The molecule has 2 heterocycles. The summed E-state index contributed by atoms with van der Waals surface area (Å²) in [6.07, 6.45) is 2.33. The molecule has 0 aromatic heterocycles. The summed E-state index contributed by atoms with van der Waals surface area (Å²) in [6.45, 7) is 0. The van der Waals surface area contributed by atoms with Crippen molar-refractivity contribution >= 4 is 12.2 Å². The van der Waals surface area contributed by atoms with Crippen molar-refractivity contribution in [2.24, 2.45) is 0 Å². The van der Waals surface area contributed by atoms with Gasteiger partial charge < -0.3 is 45.2 Å². The van der Waals surface area contributed by atoms with Gasteiger partial charge >= 0.3 is 0 Å². The van der Waals surface area contributed by atoms with Crippen LogP contribution in [0.4, 0.5) is 0 Å². The number of ether oxygens (including phenoxy) is 2. The molecule has 6 aromatic rings. The molecule has 2 aliphatic heterocycles. The quantitative estimate of drug-likeness (QED) is 0.0858. The fraction of sp³-hybridized carbons (Fsp3) is 0.0952. The molecule has 0 amide bonds. The third-order valence-electron chi connectivity index (χ3n) is 9.47. The number of aromatic hydroxyl groups is 7. The van der Waals surface area contributed by atoms with Crippen molar-refractivity contribution in [2.45, 2.75) is 24.0 Å². The maximum absolute atomic E-state index is 11.8. The van der Waals surface area contributed by atoms with Crippen LogP contribution in [0, 0.1) is 0 Å². The Hall–Kier alpha value is -6.74. The van der Waals surface area contributed by atoms with E-state index in [4.69, 9.17) is 9.47 Å². The first-order chi connectivity index (χ1) is 24.6. The molecule has 254 valence electrons. The molecule has 9 heteroatoms. The molecule has 1 unspecified atom stereocenters. The highest BCUT2D eigenvalue weighted by molar-refractivity contribution is 5.73. The third-order valence-corrected chi connectivity index (χ3v) is 9.47. The number of rotatable bonds is 6. The Morgan fingerprint density at radius 3 is 1.33 bits per heavy atom. The summed E-state index contributed by atoms with van der Waals surface area (Å²) < 4.78 is 13.1. The minimum absolute atomic E-state index is 0.0138. The fourth-order valence-electron chi connectivity index (χ4n) is 7.18. The van der Waals surface area contributed by atoms with E-state index in [9.17, 15) is 35.7 Å². The van der Waals surface area contributed by atoms with E-state index >= 15 is 0 Å². The molecular formula is C42H32O9. The van der Waals surface area contributed by atoms with Crippen molar-refractivity contribution in [3.05, 3.63) is 160 Å². The number of phenols is 7. The Bertz CT molecular complexity index is 2270. The van der Waals surface area contributed by atoms with Crippen molar-refractivity contribution in [2.75, 3.05) is 0 Å². The van der Waals surface area contributed by atoms with E-state index in [1.165, 1.54) is 30.3 Å². The standard InChI is InChI=1S/C42H32O9/c43-28-9-3-22(4-10-28)1-2-23-15-33(48)39-35(16-23)50-42(25-7-13-30(45)14-8-25)38(39)27-19-34(49)40-36(20-27)51-41(24-5-11-29(44)12-6-24)37(40)26-17-31(46)21-32(47)18-26/h1-21,37-38,41-49H/b2-1+/t37?,38-,41+,42+/m0/s1. The van der Waals surface area contributed by atoms with Gasteiger partial charge in [-0.05, 0) is 106 Å². The Balaban J connectivity index is 1.24. The van der Waals surface area contributed by atoms with Gasteiger partial charge in [0.05, 0.1) is 11.8 Å². The Morgan fingerprint density at radius 1 is 0.373 bits per heavy atom. The highest BCUT2D eigenvalue weighted by Gasteiger charge is 2.43. The van der Waals surface area contributed by atoms with Crippen LogP contribution < -0.4 is 9.47 Å². The molecule has 7 N–H and O–H groups in total. The lowest BCUT2D eigenvalue weighted by Gasteiger charge is -2.22. The van der Waals surface area contributed by atoms with Gasteiger partial charge in [-0.15, -0.1) is 0 Å². The van der Waals surface area contributed by atoms with Gasteiger partial charge in [0.15, 0.2) is 0 Å². The predicted molar refractivity (Wildman–Crippen MR) is 190 cm³/mol. The molecule has 0 saturated carbocycles. The zero-order valence-electron chi connectivity index (χ0n) is 26.9. The molecule has 9 nitrogen and oxygen atoms in total. The summed E-state index contributed by atoms with van der Waals surface area (Å²) in [5.74, 6) is -0.540. The van der Waals surface area contributed by atoms with Crippen LogP contribution in [0.25, 0.3) is 12.2 Å². The van der Waals surface area contributed by atoms with Crippen molar-refractivity contribution in [1.29, 1.82) is 0 Å². The summed E-state index contributed by atoms with van der Waals surface area (Å²) in [4.78, 5) is 0. The molecule has 0 spiro atoms. The minimum Gasteiger partial charge on any atom is -0.508 e. The second kappa shape index (κ2) is 12.3. The zero-order chi connectivity index (χ0) is 35.4. The lowest BCUT2D eigenvalue weighted by atomic mass is 9.81. The van der Waals surface area contributed by atoms with Crippen LogP contribution in [-0.4, -0.2) is 35.7 Å². The summed E-state index contributed by atoms with van der Waals surface area (Å²) >= 11 is 0. The first kappa shape index (κ1) is 31.5. The largest absolute Gasteiger partial charge is 0.508 e. The van der Waals surface area contributed by atoms with E-state index in [-0.39, 0.29) is 40.2 Å². The molecule has 0 aliphatic carbocycles. The maximum Gasteiger partial charge on any atom is 0.135 e. The van der Waals surface area contributed by atoms with Gasteiger partial charge in [0.1, 0.15) is 64.0 Å². The summed E-state index contributed by atoms with van der Waals surface area (Å²) in [6, 6.07) is 31.0. The lowest BCUT2D eigenvalue weighted by molar-refractivity contribution is 0.218. The normalized spacial score (nSPS) is 19.0. The average molecular weight is 681 g/mol. The number of fused-ring (bicyclic) bond motifs is 2. The Morgan fingerprint density at radius 2 is 0.804 bits per heavy atom. The summed E-state index contributed by atoms with van der Waals surface area (Å²) in [7, 11) is 0. The van der Waals surface area contributed by atoms with E-state index in [1.54, 1.807) is 78.9 Å². The van der Waals surface area contributed by atoms with E-state index in [0.717, 1.165) is 11.1 Å². The monoisotopic (exact) mass is 680 g/mol. The van der Waals surface area contributed by atoms with Crippen LogP contribution in [0.1, 0.15) is 68.6 Å².